The molecule has 2 aliphatic carbocycles. The van der Waals surface area contributed by atoms with Gasteiger partial charge in [0.2, 0.25) is 23.1 Å². The summed E-state index contributed by atoms with van der Waals surface area (Å²) < 4.78 is 37.5. The maximum Gasteiger partial charge on any atom is 0.339 e. The average Bonchev–Trinajstić information content (AvgIpc) is 3.14. The van der Waals surface area contributed by atoms with E-state index in [-0.39, 0.29) is 0 Å². The van der Waals surface area contributed by atoms with Crippen molar-refractivity contribution in [2.45, 2.75) is 65.7 Å². The number of benzene rings is 2. The fourth-order valence-electron chi connectivity index (χ4n) is 8.10. The number of aliphatic hydroxyl groups excluding tert-OH is 1. The SMILES string of the molecule is O=C1OC[C@@H]2O[C@H](O)[C@H]3OC(=O)c4cc(O)c(O)c5c4[C@@H]4C(=CC(=O)[C@](O)(O5)C4(O)O)C(=O)O[C@H]2[C@H]3OC(=O)c2cc(O)c(O)c3c2[C@@H]2C1=CC(=O)[C@](O)(O3)C2(O)O. The normalized spacial score (nSPS) is 35.1. The van der Waals surface area contributed by atoms with Gasteiger partial charge in [0.25, 0.3) is 11.6 Å². The Balaban J connectivity index is 1.26. The molecule has 7 aliphatic rings. The topological polar surface area (TPSA) is 390 Å². The first-order valence-electron chi connectivity index (χ1n) is 16.6. The van der Waals surface area contributed by atoms with Crippen LogP contribution < -0.4 is 9.47 Å². The number of carbonyl (C=O) groups excluding carboxylic acids is 6. The molecule has 0 unspecified atom stereocenters. The zero-order valence-corrected chi connectivity index (χ0v) is 28.3. The van der Waals surface area contributed by atoms with Gasteiger partial charge in [-0.3, -0.25) is 9.59 Å². The number of aromatic hydroxyl groups is 4. The van der Waals surface area contributed by atoms with Crippen molar-refractivity contribution in [1.29, 1.82) is 0 Å². The molecule has 2 aromatic carbocycles. The summed E-state index contributed by atoms with van der Waals surface area (Å²) in [6.45, 7) is -1.18. The first-order chi connectivity index (χ1) is 27.0. The number of ketones is 2. The van der Waals surface area contributed by atoms with Crippen molar-refractivity contribution in [3.8, 4) is 34.5 Å². The third-order valence-corrected chi connectivity index (χ3v) is 10.9. The van der Waals surface area contributed by atoms with Gasteiger partial charge >= 0.3 is 35.5 Å². The van der Waals surface area contributed by atoms with Crippen LogP contribution in [0.2, 0.25) is 0 Å². The number of rotatable bonds is 0. The van der Waals surface area contributed by atoms with E-state index in [2.05, 4.69) is 0 Å². The molecule has 0 spiro atoms. The molecule has 2 aromatic rings. The van der Waals surface area contributed by atoms with Gasteiger partial charge < -0.3 is 89.3 Å². The number of phenols is 4. The Morgan fingerprint density at radius 1 is 0.569 bits per heavy atom. The van der Waals surface area contributed by atoms with Crippen molar-refractivity contribution in [3.05, 3.63) is 57.7 Å². The van der Waals surface area contributed by atoms with E-state index in [1.807, 2.05) is 0 Å². The van der Waals surface area contributed by atoms with Crippen LogP contribution in [-0.4, -0.2) is 152 Å². The molecule has 8 bridgehead atoms. The lowest BCUT2D eigenvalue weighted by Crippen LogP contribution is -2.70. The van der Waals surface area contributed by atoms with E-state index in [1.54, 1.807) is 0 Å². The van der Waals surface area contributed by atoms with Crippen LogP contribution >= 0.6 is 0 Å². The van der Waals surface area contributed by atoms with Crippen molar-refractivity contribution < 1.29 is 118 Å². The minimum absolute atomic E-state index is 0.317. The molecule has 24 heteroatoms. The number of hydrogen-bond donors (Lipinski definition) is 11. The van der Waals surface area contributed by atoms with Gasteiger partial charge in [0.15, 0.2) is 47.6 Å². The van der Waals surface area contributed by atoms with Gasteiger partial charge in [-0.1, -0.05) is 0 Å². The Morgan fingerprint density at radius 3 is 1.48 bits per heavy atom. The molecule has 0 amide bonds. The number of cyclic esters (lactones) is 1. The maximum absolute atomic E-state index is 14.3. The molecule has 9 rings (SSSR count). The molecular formula is C34H24O24. The van der Waals surface area contributed by atoms with E-state index in [1.165, 1.54) is 0 Å². The molecule has 11 N–H and O–H groups in total. The van der Waals surface area contributed by atoms with Crippen LogP contribution in [0.3, 0.4) is 0 Å². The highest BCUT2D eigenvalue weighted by Crippen LogP contribution is 2.60. The Hall–Kier alpha value is -6.38. The van der Waals surface area contributed by atoms with Crippen molar-refractivity contribution in [3.63, 3.8) is 0 Å². The maximum atomic E-state index is 14.3. The van der Waals surface area contributed by atoms with Crippen LogP contribution in [0.5, 0.6) is 34.5 Å². The van der Waals surface area contributed by atoms with Gasteiger partial charge in [0.05, 0.1) is 34.1 Å². The zero-order valence-electron chi connectivity index (χ0n) is 28.3. The quantitative estimate of drug-likeness (QED) is 0.0514. The second-order valence-corrected chi connectivity index (χ2v) is 14.1. The van der Waals surface area contributed by atoms with Crippen molar-refractivity contribution >= 4 is 35.4 Å². The van der Waals surface area contributed by atoms with Gasteiger partial charge in [-0.15, -0.1) is 0 Å². The Morgan fingerprint density at radius 2 is 1.00 bits per heavy atom. The Bertz CT molecular complexity index is 2430. The lowest BCUT2D eigenvalue weighted by Gasteiger charge is -2.49. The smallest absolute Gasteiger partial charge is 0.339 e. The molecule has 1 saturated heterocycles. The van der Waals surface area contributed by atoms with Crippen molar-refractivity contribution in [2.24, 2.45) is 0 Å². The fraction of sp³-hybridized carbons (Fsp3) is 0.353. The zero-order chi connectivity index (χ0) is 41.9. The van der Waals surface area contributed by atoms with E-state index in [0.29, 0.717) is 24.3 Å². The molecule has 24 nitrogen and oxygen atoms in total. The number of fused-ring (bicyclic) bond motifs is 2. The van der Waals surface area contributed by atoms with Crippen LogP contribution in [-0.2, 0) is 42.9 Å². The van der Waals surface area contributed by atoms with Crippen LogP contribution in [0, 0.1) is 0 Å². The fourth-order valence-corrected chi connectivity index (χ4v) is 8.10. The molecule has 0 saturated carbocycles. The summed E-state index contributed by atoms with van der Waals surface area (Å²) in [5.74, 6) is -37.5. The molecule has 1 fully saturated rings. The standard InChI is InChI=1S/C34H24O24/c35-10-1-6-15-17-8(3-13(37)33(50,31(17,46)47)57-22(15)19(10)39)26(41)52-5-12-21-24(55-27(6)42)25(30(45)53-12)56-28(43)7-2-11(36)20(40)23-16(7)18-9(29(44)54-21)4-14(38)34(51,58-23)32(18,48)49/h1-4,12,17-18,21,24-25,30,35-36,39-40,45-51H,5H2/t12-,17-,18-,21+,24+,25-,30-,33-,34-/m0/s1. The first kappa shape index (κ1) is 37.2. The number of aliphatic hydroxyl groups is 7. The summed E-state index contributed by atoms with van der Waals surface area (Å²) >= 11 is 0. The predicted octanol–water partition coefficient (Wildman–Crippen LogP) is -4.83. The van der Waals surface area contributed by atoms with Gasteiger partial charge in [-0.05, 0) is 24.3 Å². The van der Waals surface area contributed by atoms with E-state index in [9.17, 15) is 84.9 Å². The third kappa shape index (κ3) is 4.44. The van der Waals surface area contributed by atoms with Crippen molar-refractivity contribution in [1.82, 2.24) is 0 Å². The van der Waals surface area contributed by atoms with E-state index < -0.39 is 176 Å². The first-order valence-corrected chi connectivity index (χ1v) is 16.6. The summed E-state index contributed by atoms with van der Waals surface area (Å²) in [6.07, 6.45) is -10.8. The molecule has 58 heavy (non-hydrogen) atoms. The predicted molar refractivity (Wildman–Crippen MR) is 167 cm³/mol. The second-order valence-electron chi connectivity index (χ2n) is 14.1. The van der Waals surface area contributed by atoms with E-state index >= 15 is 0 Å². The third-order valence-electron chi connectivity index (χ3n) is 10.9. The Kier molecular flexibility index (Phi) is 7.31. The van der Waals surface area contributed by atoms with Gasteiger partial charge in [0, 0.05) is 11.1 Å². The van der Waals surface area contributed by atoms with Crippen molar-refractivity contribution in [2.75, 3.05) is 6.61 Å². The molecule has 5 heterocycles. The van der Waals surface area contributed by atoms with Gasteiger partial charge in [-0.2, -0.15) is 0 Å². The van der Waals surface area contributed by atoms with E-state index in [4.69, 9.17) is 33.2 Å². The molecular weight excluding hydrogens is 792 g/mol. The summed E-state index contributed by atoms with van der Waals surface area (Å²) in [6, 6.07) is 0.923. The van der Waals surface area contributed by atoms with Crippen LogP contribution in [0.15, 0.2) is 35.4 Å². The largest absolute Gasteiger partial charge is 0.504 e. The molecule has 304 valence electrons. The average molecular weight is 817 g/mol. The number of carbonyl (C=O) groups is 6. The summed E-state index contributed by atoms with van der Waals surface area (Å²) in [7, 11) is 0. The molecule has 0 aromatic heterocycles. The number of ether oxygens (including phenoxy) is 7. The summed E-state index contributed by atoms with van der Waals surface area (Å²) in [5, 5.41) is 121. The summed E-state index contributed by atoms with van der Waals surface area (Å²) in [5.41, 5.74) is -5.92. The van der Waals surface area contributed by atoms with Crippen LogP contribution in [0.1, 0.15) is 43.7 Å². The van der Waals surface area contributed by atoms with Crippen LogP contribution in [0.4, 0.5) is 0 Å². The van der Waals surface area contributed by atoms with Gasteiger partial charge in [-0.25, -0.2) is 19.2 Å². The lowest BCUT2D eigenvalue weighted by molar-refractivity contribution is -0.339. The molecule has 5 aliphatic heterocycles. The van der Waals surface area contributed by atoms with Crippen LogP contribution in [0.25, 0.3) is 0 Å². The second kappa shape index (κ2) is 11.4. The number of hydrogen-bond acceptors (Lipinski definition) is 24. The lowest BCUT2D eigenvalue weighted by atomic mass is 9.70. The van der Waals surface area contributed by atoms with E-state index in [0.717, 1.165) is 0 Å². The summed E-state index contributed by atoms with van der Waals surface area (Å²) in [4.78, 5) is 82.5. The minimum atomic E-state index is -3.87. The number of esters is 4. The Labute approximate surface area is 318 Å². The minimum Gasteiger partial charge on any atom is -0.504 e. The highest BCUT2D eigenvalue weighted by molar-refractivity contribution is 6.10. The monoisotopic (exact) mass is 816 g/mol. The molecule has 9 atom stereocenters. The van der Waals surface area contributed by atoms with Gasteiger partial charge in [0.1, 0.15) is 12.7 Å². The highest BCUT2D eigenvalue weighted by Gasteiger charge is 2.72. The molecule has 0 radical (unpaired) electrons. The number of phenolic OH excluding ortho intramolecular Hbond substituents is 4. The highest BCUT2D eigenvalue weighted by atomic mass is 16.7.